The maximum atomic E-state index is 6.11. The van der Waals surface area contributed by atoms with Gasteiger partial charge in [0.1, 0.15) is 0 Å². The number of pyridine rings is 1. The van der Waals surface area contributed by atoms with Crippen molar-refractivity contribution in [3.05, 3.63) is 52.8 Å². The van der Waals surface area contributed by atoms with Crippen LogP contribution < -0.4 is 11.1 Å². The fourth-order valence-electron chi connectivity index (χ4n) is 2.47. The van der Waals surface area contributed by atoms with Gasteiger partial charge in [-0.25, -0.2) is 0 Å². The first-order chi connectivity index (χ1) is 8.74. The Labute approximate surface area is 111 Å². The van der Waals surface area contributed by atoms with E-state index >= 15 is 0 Å². The van der Waals surface area contributed by atoms with Crippen molar-refractivity contribution in [3.8, 4) is 0 Å². The van der Waals surface area contributed by atoms with E-state index in [9.17, 15) is 0 Å². The lowest BCUT2D eigenvalue weighted by Crippen LogP contribution is -2.07. The number of anilines is 2. The van der Waals surface area contributed by atoms with E-state index in [0.717, 1.165) is 24.2 Å². The number of fused-ring (bicyclic) bond motifs is 1. The third-order valence-corrected chi connectivity index (χ3v) is 3.65. The van der Waals surface area contributed by atoms with Crippen LogP contribution >= 0.6 is 11.6 Å². The van der Waals surface area contributed by atoms with Gasteiger partial charge in [-0.1, -0.05) is 17.7 Å². The Hall–Kier alpha value is -1.74. The highest BCUT2D eigenvalue weighted by Crippen LogP contribution is 2.36. The molecule has 2 aromatic rings. The summed E-state index contributed by atoms with van der Waals surface area (Å²) >= 11 is 6.11. The number of nitrogen functional groups attached to an aromatic ring is 1. The molecule has 0 saturated heterocycles. The average molecular weight is 260 g/mol. The van der Waals surface area contributed by atoms with Gasteiger partial charge in [0.05, 0.1) is 16.8 Å². The van der Waals surface area contributed by atoms with Crippen molar-refractivity contribution >= 4 is 23.0 Å². The first kappa shape index (κ1) is 11.4. The molecule has 0 bridgehead atoms. The van der Waals surface area contributed by atoms with E-state index in [2.05, 4.69) is 22.4 Å². The molecule has 1 unspecified atom stereocenters. The van der Waals surface area contributed by atoms with E-state index < -0.39 is 0 Å². The molecule has 0 amide bonds. The Bertz CT molecular complexity index is 583. The van der Waals surface area contributed by atoms with Crippen molar-refractivity contribution in [3.63, 3.8) is 0 Å². The molecule has 1 atom stereocenters. The van der Waals surface area contributed by atoms with Crippen LogP contribution in [-0.2, 0) is 6.42 Å². The summed E-state index contributed by atoms with van der Waals surface area (Å²) in [6.45, 7) is 0. The Morgan fingerprint density at radius 2 is 2.22 bits per heavy atom. The topological polar surface area (TPSA) is 50.9 Å². The maximum absolute atomic E-state index is 6.11. The third-order valence-electron chi connectivity index (χ3n) is 3.35. The summed E-state index contributed by atoms with van der Waals surface area (Å²) in [6.07, 6.45) is 5.52. The predicted molar refractivity (Wildman–Crippen MR) is 74.8 cm³/mol. The minimum absolute atomic E-state index is 0.306. The quantitative estimate of drug-likeness (QED) is 0.813. The zero-order valence-corrected chi connectivity index (χ0v) is 10.6. The van der Waals surface area contributed by atoms with E-state index in [1.54, 1.807) is 12.4 Å². The highest BCUT2D eigenvalue weighted by Gasteiger charge is 2.22. The van der Waals surface area contributed by atoms with Crippen LogP contribution in [-0.4, -0.2) is 4.98 Å². The number of aryl methyl sites for hydroxylation is 1. The number of halogens is 1. The van der Waals surface area contributed by atoms with Crippen LogP contribution in [0.1, 0.15) is 23.6 Å². The van der Waals surface area contributed by atoms with Crippen LogP contribution in [0, 0.1) is 0 Å². The Morgan fingerprint density at radius 3 is 3.06 bits per heavy atom. The number of nitrogens with one attached hydrogen (secondary N) is 1. The standard InChI is InChI=1S/C14H14ClN3/c15-12-8-17-6-5-14(12)18-13-4-1-9-7-10(16)2-3-11(9)13/h2-3,5-8,13H,1,4,16H2,(H,17,18). The summed E-state index contributed by atoms with van der Waals surface area (Å²) in [7, 11) is 0. The number of hydrogen-bond donors (Lipinski definition) is 2. The van der Waals surface area contributed by atoms with Crippen LogP contribution in [0.25, 0.3) is 0 Å². The minimum atomic E-state index is 0.306. The van der Waals surface area contributed by atoms with Gasteiger partial charge in [0.2, 0.25) is 0 Å². The monoisotopic (exact) mass is 259 g/mol. The summed E-state index contributed by atoms with van der Waals surface area (Å²) in [4.78, 5) is 3.99. The van der Waals surface area contributed by atoms with E-state index in [0.29, 0.717) is 11.1 Å². The molecule has 3 rings (SSSR count). The molecule has 0 fully saturated rings. The van der Waals surface area contributed by atoms with E-state index in [-0.39, 0.29) is 0 Å². The first-order valence-corrected chi connectivity index (χ1v) is 6.36. The van der Waals surface area contributed by atoms with Gasteiger partial charge in [0.25, 0.3) is 0 Å². The average Bonchev–Trinajstić information content (AvgIpc) is 2.74. The summed E-state index contributed by atoms with van der Waals surface area (Å²) in [5.74, 6) is 0. The molecule has 3 N–H and O–H groups in total. The molecule has 1 aliphatic carbocycles. The molecule has 1 aromatic heterocycles. The second-order valence-corrected chi connectivity index (χ2v) is 4.96. The molecule has 4 heteroatoms. The van der Waals surface area contributed by atoms with Crippen LogP contribution in [0.3, 0.4) is 0 Å². The largest absolute Gasteiger partial charge is 0.399 e. The van der Waals surface area contributed by atoms with E-state index in [4.69, 9.17) is 17.3 Å². The lowest BCUT2D eigenvalue weighted by molar-refractivity contribution is 0.762. The van der Waals surface area contributed by atoms with Crippen molar-refractivity contribution in [1.82, 2.24) is 4.98 Å². The van der Waals surface area contributed by atoms with Crippen molar-refractivity contribution in [2.24, 2.45) is 0 Å². The Morgan fingerprint density at radius 1 is 1.33 bits per heavy atom. The van der Waals surface area contributed by atoms with E-state index in [1.165, 1.54) is 11.1 Å². The van der Waals surface area contributed by atoms with Crippen molar-refractivity contribution < 1.29 is 0 Å². The predicted octanol–water partition coefficient (Wildman–Crippen LogP) is 3.42. The second-order valence-electron chi connectivity index (χ2n) is 4.55. The fourth-order valence-corrected chi connectivity index (χ4v) is 2.64. The summed E-state index contributed by atoms with van der Waals surface area (Å²) in [5, 5.41) is 4.13. The highest BCUT2D eigenvalue weighted by atomic mass is 35.5. The molecular weight excluding hydrogens is 246 g/mol. The number of nitrogens with two attached hydrogens (primary N) is 1. The fraction of sp³-hybridized carbons (Fsp3) is 0.214. The molecule has 0 radical (unpaired) electrons. The molecule has 18 heavy (non-hydrogen) atoms. The van der Waals surface area contributed by atoms with Crippen molar-refractivity contribution in [1.29, 1.82) is 0 Å². The van der Waals surface area contributed by atoms with Gasteiger partial charge >= 0.3 is 0 Å². The lowest BCUT2D eigenvalue weighted by Gasteiger charge is -2.16. The maximum Gasteiger partial charge on any atom is 0.0820 e. The first-order valence-electron chi connectivity index (χ1n) is 5.98. The summed E-state index contributed by atoms with van der Waals surface area (Å²) < 4.78 is 0. The highest BCUT2D eigenvalue weighted by molar-refractivity contribution is 6.33. The van der Waals surface area contributed by atoms with Crippen LogP contribution in [0.5, 0.6) is 0 Å². The lowest BCUT2D eigenvalue weighted by atomic mass is 10.1. The number of benzene rings is 1. The molecule has 0 saturated carbocycles. The van der Waals surface area contributed by atoms with Gasteiger partial charge in [-0.15, -0.1) is 0 Å². The van der Waals surface area contributed by atoms with Gasteiger partial charge in [-0.05, 0) is 42.2 Å². The molecule has 3 nitrogen and oxygen atoms in total. The molecular formula is C14H14ClN3. The van der Waals surface area contributed by atoms with Gasteiger partial charge in [0, 0.05) is 18.1 Å². The van der Waals surface area contributed by atoms with Crippen LogP contribution in [0.2, 0.25) is 5.02 Å². The molecule has 0 aliphatic heterocycles. The number of nitrogens with zero attached hydrogens (tertiary/aromatic N) is 1. The Kier molecular flexibility index (Phi) is 2.84. The smallest absolute Gasteiger partial charge is 0.0820 e. The molecule has 1 heterocycles. The zero-order chi connectivity index (χ0) is 12.5. The minimum Gasteiger partial charge on any atom is -0.399 e. The normalized spacial score (nSPS) is 17.5. The second kappa shape index (κ2) is 4.50. The zero-order valence-electron chi connectivity index (χ0n) is 9.86. The van der Waals surface area contributed by atoms with Crippen LogP contribution in [0.4, 0.5) is 11.4 Å². The van der Waals surface area contributed by atoms with Gasteiger partial charge in [-0.2, -0.15) is 0 Å². The summed E-state index contributed by atoms with van der Waals surface area (Å²) in [6, 6.07) is 8.32. The van der Waals surface area contributed by atoms with Gasteiger partial charge in [-0.3, -0.25) is 4.98 Å². The molecule has 92 valence electrons. The van der Waals surface area contributed by atoms with E-state index in [1.807, 2.05) is 12.1 Å². The van der Waals surface area contributed by atoms with Gasteiger partial charge < -0.3 is 11.1 Å². The number of aromatic nitrogens is 1. The third kappa shape index (κ3) is 2.02. The van der Waals surface area contributed by atoms with Crippen molar-refractivity contribution in [2.75, 3.05) is 11.1 Å². The molecule has 1 aliphatic rings. The number of hydrogen-bond acceptors (Lipinski definition) is 3. The van der Waals surface area contributed by atoms with Crippen LogP contribution in [0.15, 0.2) is 36.7 Å². The molecule has 1 aromatic carbocycles. The summed E-state index contributed by atoms with van der Waals surface area (Å²) in [5.41, 5.74) is 10.2. The SMILES string of the molecule is Nc1ccc2c(c1)CCC2Nc1ccncc1Cl. The van der Waals surface area contributed by atoms with Gasteiger partial charge in [0.15, 0.2) is 0 Å². The molecule has 0 spiro atoms. The van der Waals surface area contributed by atoms with Crippen molar-refractivity contribution in [2.45, 2.75) is 18.9 Å². The number of rotatable bonds is 2. The Balaban J connectivity index is 1.87.